The van der Waals surface area contributed by atoms with E-state index in [1.807, 2.05) is 92.6 Å². The Morgan fingerprint density at radius 2 is 1.68 bits per heavy atom. The molecule has 1 N–H and O–H groups in total. The van der Waals surface area contributed by atoms with Crippen molar-refractivity contribution in [2.24, 2.45) is 0 Å². The third kappa shape index (κ3) is 3.60. The molecule has 0 spiro atoms. The highest BCUT2D eigenvalue weighted by Crippen LogP contribution is 2.27. The zero-order chi connectivity index (χ0) is 19.7. The first-order valence-electron chi connectivity index (χ1n) is 9.06. The molecule has 3 aromatic carbocycles. The fourth-order valence-corrected chi connectivity index (χ4v) is 2.94. The number of nitrogens with zero attached hydrogens (tertiary/aromatic N) is 2. The predicted molar refractivity (Wildman–Crippen MR) is 113 cm³/mol. The summed E-state index contributed by atoms with van der Waals surface area (Å²) in [6, 6.07) is 21.0. The Morgan fingerprint density at radius 1 is 0.964 bits per heavy atom. The van der Waals surface area contributed by atoms with Gasteiger partial charge in [-0.25, -0.2) is 4.98 Å². The molecular weight excluding hydrogens is 350 g/mol. The Kier molecular flexibility index (Phi) is 4.57. The van der Waals surface area contributed by atoms with Crippen LogP contribution in [-0.2, 0) is 0 Å². The Labute approximate surface area is 163 Å². The van der Waals surface area contributed by atoms with Crippen LogP contribution >= 0.6 is 0 Å². The zero-order valence-electron chi connectivity index (χ0n) is 16.1. The maximum absolute atomic E-state index is 12.4. The van der Waals surface area contributed by atoms with Gasteiger partial charge >= 0.3 is 0 Å². The average molecular weight is 371 g/mol. The number of fused-ring (bicyclic) bond motifs is 1. The number of hydrogen-bond acceptors (Lipinski definition) is 4. The molecule has 0 aliphatic heterocycles. The number of rotatable bonds is 4. The van der Waals surface area contributed by atoms with Crippen molar-refractivity contribution >= 4 is 28.4 Å². The number of anilines is 2. The van der Waals surface area contributed by atoms with Gasteiger partial charge in [-0.2, -0.15) is 0 Å². The Hall–Kier alpha value is -3.60. The van der Waals surface area contributed by atoms with Gasteiger partial charge in [-0.05, 0) is 61.5 Å². The van der Waals surface area contributed by atoms with Gasteiger partial charge in [0.1, 0.15) is 5.52 Å². The summed E-state index contributed by atoms with van der Waals surface area (Å²) in [4.78, 5) is 19.0. The van der Waals surface area contributed by atoms with Gasteiger partial charge in [0.15, 0.2) is 5.58 Å². The van der Waals surface area contributed by atoms with E-state index >= 15 is 0 Å². The average Bonchev–Trinajstić information content (AvgIpc) is 3.12. The molecular formula is C23H21N3O2. The van der Waals surface area contributed by atoms with Crippen LogP contribution in [0.5, 0.6) is 0 Å². The van der Waals surface area contributed by atoms with Gasteiger partial charge in [0.25, 0.3) is 5.91 Å². The minimum atomic E-state index is -0.151. The molecule has 0 aliphatic carbocycles. The summed E-state index contributed by atoms with van der Waals surface area (Å²) < 4.78 is 5.87. The third-order valence-electron chi connectivity index (χ3n) is 4.59. The van der Waals surface area contributed by atoms with Gasteiger partial charge in [-0.15, -0.1) is 0 Å². The highest BCUT2D eigenvalue weighted by Gasteiger charge is 2.11. The van der Waals surface area contributed by atoms with Crippen LogP contribution in [0.2, 0.25) is 0 Å². The van der Waals surface area contributed by atoms with Crippen molar-refractivity contribution in [3.63, 3.8) is 0 Å². The van der Waals surface area contributed by atoms with E-state index in [0.717, 1.165) is 16.8 Å². The number of oxazole rings is 1. The molecule has 5 heteroatoms. The molecule has 28 heavy (non-hydrogen) atoms. The summed E-state index contributed by atoms with van der Waals surface area (Å²) in [5.41, 5.74) is 5.82. The van der Waals surface area contributed by atoms with Crippen LogP contribution in [0.25, 0.3) is 22.6 Å². The van der Waals surface area contributed by atoms with Crippen LogP contribution < -0.4 is 10.2 Å². The minimum absolute atomic E-state index is 0.151. The largest absolute Gasteiger partial charge is 0.436 e. The Morgan fingerprint density at radius 3 is 2.36 bits per heavy atom. The molecule has 1 aromatic heterocycles. The van der Waals surface area contributed by atoms with E-state index in [1.54, 1.807) is 0 Å². The first-order chi connectivity index (χ1) is 13.5. The van der Waals surface area contributed by atoms with Crippen LogP contribution in [0.3, 0.4) is 0 Å². The molecule has 4 rings (SSSR count). The first-order valence-corrected chi connectivity index (χ1v) is 9.06. The lowest BCUT2D eigenvalue weighted by Crippen LogP contribution is -2.11. The lowest BCUT2D eigenvalue weighted by molar-refractivity contribution is 0.102. The molecule has 0 unspecified atom stereocenters. The van der Waals surface area contributed by atoms with Crippen LogP contribution in [0.4, 0.5) is 11.4 Å². The monoisotopic (exact) mass is 371 g/mol. The third-order valence-corrected chi connectivity index (χ3v) is 4.59. The van der Waals surface area contributed by atoms with E-state index in [2.05, 4.69) is 10.3 Å². The molecule has 140 valence electrons. The summed E-state index contributed by atoms with van der Waals surface area (Å²) in [6.45, 7) is 1.99. The number of aromatic nitrogens is 1. The summed E-state index contributed by atoms with van der Waals surface area (Å²) in [5.74, 6) is 0.407. The summed E-state index contributed by atoms with van der Waals surface area (Å²) in [6.07, 6.45) is 0. The normalized spacial score (nSPS) is 10.8. The van der Waals surface area contributed by atoms with E-state index in [0.29, 0.717) is 28.2 Å². The number of hydrogen-bond donors (Lipinski definition) is 1. The first kappa shape index (κ1) is 17.8. The maximum atomic E-state index is 12.4. The topological polar surface area (TPSA) is 58.4 Å². The highest BCUT2D eigenvalue weighted by molar-refractivity contribution is 6.05. The summed E-state index contributed by atoms with van der Waals surface area (Å²) in [5, 5.41) is 2.91. The van der Waals surface area contributed by atoms with E-state index in [-0.39, 0.29) is 5.91 Å². The molecule has 5 nitrogen and oxygen atoms in total. The molecule has 1 heterocycles. The standard InChI is InChI=1S/C23H21N3O2/c1-15-4-6-16(7-5-15)22(27)24-18-10-13-21-20(14-18)25-23(28-21)17-8-11-19(12-9-17)26(2)3/h4-14H,1-3H3,(H,24,27). The molecule has 0 bridgehead atoms. The molecule has 1 amide bonds. The smallest absolute Gasteiger partial charge is 0.255 e. The van der Waals surface area contributed by atoms with Crippen molar-refractivity contribution in [3.05, 3.63) is 77.9 Å². The van der Waals surface area contributed by atoms with Crippen molar-refractivity contribution in [2.45, 2.75) is 6.92 Å². The molecule has 4 aromatic rings. The van der Waals surface area contributed by atoms with Crippen molar-refractivity contribution < 1.29 is 9.21 Å². The van der Waals surface area contributed by atoms with Crippen molar-refractivity contribution in [2.75, 3.05) is 24.3 Å². The Balaban J connectivity index is 1.57. The second kappa shape index (κ2) is 7.19. The number of aryl methyl sites for hydroxylation is 1. The molecule has 0 radical (unpaired) electrons. The SMILES string of the molecule is Cc1ccc(C(=O)Nc2ccc3oc(-c4ccc(N(C)C)cc4)nc3c2)cc1. The second-order valence-electron chi connectivity index (χ2n) is 6.96. The number of benzene rings is 3. The van der Waals surface area contributed by atoms with Gasteiger partial charge in [-0.1, -0.05) is 17.7 Å². The summed E-state index contributed by atoms with van der Waals surface area (Å²) in [7, 11) is 4.00. The molecule has 0 fully saturated rings. The number of carbonyl (C=O) groups is 1. The van der Waals surface area contributed by atoms with Gasteiger partial charge in [0, 0.05) is 36.6 Å². The number of nitrogens with one attached hydrogen (secondary N) is 1. The fourth-order valence-electron chi connectivity index (χ4n) is 2.94. The van der Waals surface area contributed by atoms with Crippen molar-refractivity contribution in [3.8, 4) is 11.5 Å². The van der Waals surface area contributed by atoms with Gasteiger partial charge < -0.3 is 14.6 Å². The lowest BCUT2D eigenvalue weighted by Gasteiger charge is -2.11. The van der Waals surface area contributed by atoms with E-state index in [1.165, 1.54) is 0 Å². The molecule has 0 saturated heterocycles. The van der Waals surface area contributed by atoms with Crippen LogP contribution in [0, 0.1) is 6.92 Å². The van der Waals surface area contributed by atoms with E-state index in [9.17, 15) is 4.79 Å². The Bertz CT molecular complexity index is 1130. The van der Waals surface area contributed by atoms with Crippen molar-refractivity contribution in [1.82, 2.24) is 4.98 Å². The van der Waals surface area contributed by atoms with E-state index in [4.69, 9.17) is 4.42 Å². The highest BCUT2D eigenvalue weighted by atomic mass is 16.3. The van der Waals surface area contributed by atoms with E-state index < -0.39 is 0 Å². The lowest BCUT2D eigenvalue weighted by atomic mass is 10.1. The van der Waals surface area contributed by atoms with Crippen LogP contribution in [0.1, 0.15) is 15.9 Å². The quantitative estimate of drug-likeness (QED) is 0.541. The summed E-state index contributed by atoms with van der Waals surface area (Å²) >= 11 is 0. The zero-order valence-corrected chi connectivity index (χ0v) is 16.1. The van der Waals surface area contributed by atoms with Crippen LogP contribution in [-0.4, -0.2) is 25.0 Å². The molecule has 0 saturated carbocycles. The predicted octanol–water partition coefficient (Wildman–Crippen LogP) is 5.12. The van der Waals surface area contributed by atoms with Crippen LogP contribution in [0.15, 0.2) is 71.1 Å². The number of amides is 1. The minimum Gasteiger partial charge on any atom is -0.436 e. The van der Waals surface area contributed by atoms with Crippen molar-refractivity contribution in [1.29, 1.82) is 0 Å². The molecule has 0 atom stereocenters. The fraction of sp³-hybridized carbons (Fsp3) is 0.130. The maximum Gasteiger partial charge on any atom is 0.255 e. The number of carbonyl (C=O) groups excluding carboxylic acids is 1. The van der Waals surface area contributed by atoms with Gasteiger partial charge in [0.2, 0.25) is 5.89 Å². The van der Waals surface area contributed by atoms with Gasteiger partial charge in [-0.3, -0.25) is 4.79 Å². The van der Waals surface area contributed by atoms with Gasteiger partial charge in [0.05, 0.1) is 0 Å². The second-order valence-corrected chi connectivity index (χ2v) is 6.96. The molecule has 0 aliphatic rings.